The van der Waals surface area contributed by atoms with E-state index in [0.717, 1.165) is 38.5 Å². The predicted molar refractivity (Wildman–Crippen MR) is 213 cm³/mol. The maximum Gasteiger partial charge on any atom is 0.220 e. The Morgan fingerprint density at radius 3 is 1.18 bits per heavy atom. The molecule has 0 rings (SSSR count). The van der Waals surface area contributed by atoms with Gasteiger partial charge in [0.1, 0.15) is 6.10 Å². The summed E-state index contributed by atoms with van der Waals surface area (Å²) in [5.74, 6) is -0.154. The molecule has 0 bridgehead atoms. The van der Waals surface area contributed by atoms with Crippen LogP contribution < -0.4 is 5.32 Å². The van der Waals surface area contributed by atoms with Crippen LogP contribution in [0.1, 0.15) is 239 Å². The molecule has 292 valence electrons. The van der Waals surface area contributed by atoms with Gasteiger partial charge < -0.3 is 20.6 Å². The van der Waals surface area contributed by atoms with Gasteiger partial charge in [-0.25, -0.2) is 0 Å². The summed E-state index contributed by atoms with van der Waals surface area (Å²) in [7, 11) is 0. The number of carbonyl (C=O) groups is 1. The molecule has 0 aliphatic heterocycles. The fourth-order valence-electron chi connectivity index (χ4n) is 6.93. The highest BCUT2D eigenvalue weighted by Gasteiger charge is 2.26. The van der Waals surface area contributed by atoms with Gasteiger partial charge >= 0.3 is 0 Å². The maximum absolute atomic E-state index is 12.3. The highest BCUT2D eigenvalue weighted by Crippen LogP contribution is 2.16. The second-order valence-corrected chi connectivity index (χ2v) is 15.3. The molecule has 49 heavy (non-hydrogen) atoms. The van der Waals surface area contributed by atoms with Gasteiger partial charge in [0.05, 0.1) is 18.8 Å². The Kier molecular flexibility index (Phi) is 39.1. The van der Waals surface area contributed by atoms with E-state index >= 15 is 0 Å². The van der Waals surface area contributed by atoms with Crippen LogP contribution in [0, 0.1) is 0 Å². The van der Waals surface area contributed by atoms with E-state index in [4.69, 9.17) is 0 Å². The Bertz CT molecular complexity index is 684. The van der Waals surface area contributed by atoms with Crippen LogP contribution in [0.3, 0.4) is 0 Å². The summed E-state index contributed by atoms with van der Waals surface area (Å²) in [6.07, 6.45) is 46.2. The lowest BCUT2D eigenvalue weighted by Crippen LogP contribution is -2.50. The second-order valence-electron chi connectivity index (χ2n) is 15.3. The molecule has 3 unspecified atom stereocenters. The van der Waals surface area contributed by atoms with Gasteiger partial charge in [0.15, 0.2) is 0 Å². The van der Waals surface area contributed by atoms with Crippen molar-refractivity contribution in [2.24, 2.45) is 0 Å². The van der Waals surface area contributed by atoms with Gasteiger partial charge in [-0.3, -0.25) is 4.79 Å². The van der Waals surface area contributed by atoms with Crippen molar-refractivity contribution in [1.29, 1.82) is 0 Å². The molecule has 0 saturated carbocycles. The van der Waals surface area contributed by atoms with Crippen LogP contribution in [0.4, 0.5) is 0 Å². The summed E-state index contributed by atoms with van der Waals surface area (Å²) in [6, 6.07) is -0.819. The maximum atomic E-state index is 12.3. The van der Waals surface area contributed by atoms with Crippen molar-refractivity contribution in [1.82, 2.24) is 5.32 Å². The van der Waals surface area contributed by atoms with Gasteiger partial charge in [-0.1, -0.05) is 206 Å². The van der Waals surface area contributed by atoms with E-state index in [1.165, 1.54) is 173 Å². The number of allylic oxidation sites excluding steroid dienone is 2. The summed E-state index contributed by atoms with van der Waals surface area (Å²) in [5, 5.41) is 33.4. The van der Waals surface area contributed by atoms with Gasteiger partial charge in [-0.05, 0) is 38.5 Å². The Morgan fingerprint density at radius 2 is 0.816 bits per heavy atom. The number of aliphatic hydroxyl groups excluding tert-OH is 3. The Morgan fingerprint density at radius 1 is 0.490 bits per heavy atom. The summed E-state index contributed by atoms with van der Waals surface area (Å²) >= 11 is 0. The topological polar surface area (TPSA) is 89.8 Å². The van der Waals surface area contributed by atoms with Crippen LogP contribution in [0.2, 0.25) is 0 Å². The smallest absolute Gasteiger partial charge is 0.220 e. The summed E-state index contributed by atoms with van der Waals surface area (Å²) in [4.78, 5) is 12.3. The van der Waals surface area contributed by atoms with Crippen LogP contribution in [0.15, 0.2) is 12.2 Å². The van der Waals surface area contributed by atoms with Gasteiger partial charge in [0.2, 0.25) is 5.91 Å². The predicted octanol–water partition coefficient (Wildman–Crippen LogP) is 12.4. The first-order chi connectivity index (χ1) is 24.1. The number of rotatable bonds is 40. The van der Waals surface area contributed by atoms with Gasteiger partial charge in [-0.15, -0.1) is 0 Å². The molecule has 0 spiro atoms. The van der Waals surface area contributed by atoms with E-state index in [2.05, 4.69) is 31.3 Å². The number of hydrogen-bond donors (Lipinski definition) is 4. The number of nitrogens with one attached hydrogen (secondary N) is 1. The number of unbranched alkanes of at least 4 members (excludes halogenated alkanes) is 30. The number of carbonyl (C=O) groups excluding carboxylic acids is 1. The van der Waals surface area contributed by atoms with E-state index in [-0.39, 0.29) is 12.5 Å². The summed E-state index contributed by atoms with van der Waals surface area (Å²) in [6.45, 7) is 4.17. The van der Waals surface area contributed by atoms with Crippen LogP contribution >= 0.6 is 0 Å². The standard InChI is InChI=1S/C44H87NO4/c1-3-5-7-9-11-13-15-16-17-18-19-20-21-22-23-24-25-26-27-29-30-32-34-36-38-42(47)44(49)41(40-46)45-43(48)39-37-35-33-31-28-14-12-10-8-6-4-2/h30,32,41-42,44,46-47,49H,3-29,31,33-40H2,1-2H3,(H,45,48)/b32-30+. The molecule has 1 amide bonds. The lowest BCUT2D eigenvalue weighted by Gasteiger charge is -2.26. The number of hydrogen-bond acceptors (Lipinski definition) is 4. The highest BCUT2D eigenvalue weighted by molar-refractivity contribution is 5.76. The van der Waals surface area contributed by atoms with Crippen molar-refractivity contribution in [3.8, 4) is 0 Å². The lowest BCUT2D eigenvalue weighted by molar-refractivity contribution is -0.124. The third-order valence-corrected chi connectivity index (χ3v) is 10.4. The lowest BCUT2D eigenvalue weighted by atomic mass is 10.0. The molecule has 5 heteroatoms. The van der Waals surface area contributed by atoms with E-state index < -0.39 is 18.2 Å². The minimum atomic E-state index is -1.15. The summed E-state index contributed by atoms with van der Waals surface area (Å²) in [5.41, 5.74) is 0. The Hall–Kier alpha value is -0.910. The molecule has 4 N–H and O–H groups in total. The van der Waals surface area contributed by atoms with Crippen molar-refractivity contribution < 1.29 is 20.1 Å². The molecular weight excluding hydrogens is 606 g/mol. The first-order valence-electron chi connectivity index (χ1n) is 22.0. The van der Waals surface area contributed by atoms with Crippen LogP contribution in [-0.2, 0) is 4.79 Å². The quantitative estimate of drug-likeness (QED) is 0.0380. The zero-order valence-corrected chi connectivity index (χ0v) is 33.1. The average Bonchev–Trinajstić information content (AvgIpc) is 3.10. The molecule has 5 nitrogen and oxygen atoms in total. The van der Waals surface area contributed by atoms with Crippen molar-refractivity contribution in [2.45, 2.75) is 257 Å². The van der Waals surface area contributed by atoms with Crippen molar-refractivity contribution >= 4 is 5.91 Å². The molecule has 0 aromatic rings. The van der Waals surface area contributed by atoms with Gasteiger partial charge in [0.25, 0.3) is 0 Å². The molecule has 0 aromatic carbocycles. The minimum Gasteiger partial charge on any atom is -0.394 e. The zero-order valence-electron chi connectivity index (χ0n) is 33.1. The van der Waals surface area contributed by atoms with E-state index in [9.17, 15) is 20.1 Å². The number of amides is 1. The molecule has 0 heterocycles. The van der Waals surface area contributed by atoms with Crippen LogP contribution in [0.5, 0.6) is 0 Å². The first kappa shape index (κ1) is 48.1. The molecule has 3 atom stereocenters. The largest absolute Gasteiger partial charge is 0.394 e. The van der Waals surface area contributed by atoms with E-state index in [1.54, 1.807) is 0 Å². The third-order valence-electron chi connectivity index (χ3n) is 10.4. The van der Waals surface area contributed by atoms with Gasteiger partial charge in [-0.2, -0.15) is 0 Å². The van der Waals surface area contributed by atoms with E-state index in [1.807, 2.05) is 0 Å². The first-order valence-corrected chi connectivity index (χ1v) is 22.0. The van der Waals surface area contributed by atoms with Crippen molar-refractivity contribution in [3.05, 3.63) is 12.2 Å². The van der Waals surface area contributed by atoms with E-state index in [0.29, 0.717) is 12.8 Å². The third kappa shape index (κ3) is 35.3. The Balaban J connectivity index is 3.59. The van der Waals surface area contributed by atoms with Crippen molar-refractivity contribution in [2.75, 3.05) is 6.61 Å². The monoisotopic (exact) mass is 694 g/mol. The molecule has 0 aliphatic rings. The SMILES string of the molecule is CCCCCCCCCCCCCCCCCCCCC/C=C/CCCC(O)C(O)C(CO)NC(=O)CCCCCCCCCCCCC. The molecule has 0 aliphatic carbocycles. The molecule has 0 saturated heterocycles. The average molecular weight is 694 g/mol. The van der Waals surface area contributed by atoms with Crippen LogP contribution in [-0.4, -0.2) is 46.1 Å². The molecular formula is C44H87NO4. The zero-order chi connectivity index (χ0) is 35.9. The van der Waals surface area contributed by atoms with Crippen molar-refractivity contribution in [3.63, 3.8) is 0 Å². The second kappa shape index (κ2) is 39.9. The van der Waals surface area contributed by atoms with Crippen LogP contribution in [0.25, 0.3) is 0 Å². The fourth-order valence-corrected chi connectivity index (χ4v) is 6.93. The molecule has 0 aromatic heterocycles. The van der Waals surface area contributed by atoms with Gasteiger partial charge in [0, 0.05) is 6.42 Å². The molecule has 0 radical (unpaired) electrons. The Labute approximate surface area is 306 Å². The summed E-state index contributed by atoms with van der Waals surface area (Å²) < 4.78 is 0. The normalized spacial score (nSPS) is 13.7. The highest BCUT2D eigenvalue weighted by atomic mass is 16.3. The minimum absolute atomic E-state index is 0.154. The fraction of sp³-hybridized carbons (Fsp3) is 0.932. The number of aliphatic hydroxyl groups is 3. The molecule has 0 fully saturated rings.